The molecule has 2 amide bonds. The van der Waals surface area contributed by atoms with Gasteiger partial charge in [-0.15, -0.1) is 0 Å². The molecule has 71 heavy (non-hydrogen) atoms. The summed E-state index contributed by atoms with van der Waals surface area (Å²) in [7, 11) is 3.75. The molecule has 4 aromatic carbocycles. The molecule has 5 N–H and O–H groups in total. The largest absolute Gasteiger partial charge is 0.478 e. The number of amides is 2. The maximum atomic E-state index is 12.9. The second-order valence-electron chi connectivity index (χ2n) is 17.3. The van der Waals surface area contributed by atoms with Gasteiger partial charge in [0.05, 0.1) is 46.3 Å². The smallest absolute Gasteiger partial charge is 0.405 e. The Bertz CT molecular complexity index is 3050. The number of hydrogen-bond acceptors (Lipinski definition) is 11. The fraction of sp³-hybridized carbons (Fsp3) is 0.347. The van der Waals surface area contributed by atoms with Gasteiger partial charge in [0.2, 0.25) is 11.8 Å². The third kappa shape index (κ3) is 12.8. The Hall–Kier alpha value is -7.62. The summed E-state index contributed by atoms with van der Waals surface area (Å²) in [6.45, 7) is 4.64. The molecule has 0 fully saturated rings. The number of carbonyl (C=O) groups is 4. The fourth-order valence-corrected chi connectivity index (χ4v) is 8.31. The lowest BCUT2D eigenvalue weighted by atomic mass is 9.88. The third-order valence-corrected chi connectivity index (χ3v) is 11.5. The number of nitrogens with one attached hydrogen (secondary N) is 2. The van der Waals surface area contributed by atoms with E-state index in [4.69, 9.17) is 15.4 Å². The summed E-state index contributed by atoms with van der Waals surface area (Å²) in [4.78, 5) is 57.9. The van der Waals surface area contributed by atoms with Gasteiger partial charge >= 0.3 is 18.3 Å². The van der Waals surface area contributed by atoms with Gasteiger partial charge in [-0.1, -0.05) is 77.0 Å². The maximum Gasteiger partial charge on any atom is 0.405 e. The molecule has 0 bridgehead atoms. The highest BCUT2D eigenvalue weighted by molar-refractivity contribution is 6.17. The number of halogens is 6. The molecule has 0 radical (unpaired) electrons. The van der Waals surface area contributed by atoms with Crippen molar-refractivity contribution in [2.75, 3.05) is 19.6 Å². The number of nitrogens with two attached hydrogens (primary N) is 1. The van der Waals surface area contributed by atoms with Gasteiger partial charge in [-0.25, -0.2) is 4.79 Å². The maximum absolute atomic E-state index is 12.9. The molecule has 4 heterocycles. The van der Waals surface area contributed by atoms with Gasteiger partial charge in [0.1, 0.15) is 13.1 Å². The Morgan fingerprint density at radius 1 is 0.648 bits per heavy atom. The van der Waals surface area contributed by atoms with Gasteiger partial charge in [0.15, 0.2) is 17.0 Å². The number of aromatic carboxylic acids is 1. The molecule has 22 heteroatoms. The average molecular weight is 992 g/mol. The average Bonchev–Trinajstić information content (AvgIpc) is 4.10. The number of Topliss-reactive ketones (excluding diaryl/α,β-unsaturated/α-hetero) is 1. The molecule has 2 aliphatic heterocycles. The van der Waals surface area contributed by atoms with E-state index in [0.717, 1.165) is 56.1 Å². The molecule has 0 spiro atoms. The highest BCUT2D eigenvalue weighted by Crippen LogP contribution is 2.39. The summed E-state index contributed by atoms with van der Waals surface area (Å²) in [6, 6.07) is 25.7. The molecule has 8 rings (SSSR count). The van der Waals surface area contributed by atoms with E-state index in [1.54, 1.807) is 45.6 Å². The van der Waals surface area contributed by atoms with E-state index in [9.17, 15) is 50.6 Å². The van der Waals surface area contributed by atoms with Gasteiger partial charge < -0.3 is 31.1 Å². The van der Waals surface area contributed by atoms with Gasteiger partial charge in [-0.05, 0) is 67.4 Å². The standard InChI is InChI=1S/C25H25F3N4O3.C20H19N3O3.C4H7F3N2O/c1-15-12-22(32(3)30-15)24(2)13-20(31-35-24)18-8-9-19(17-7-5-4-6-16(17)18)21(33)10-11-23(34)29-14-25(26,27)28;1-12-10-18(23(3)21-12)20(2)11-17(22-26-20)15-8-9-16(19(24)25)14-7-5-4-6-13(14)15;5-4(6,7)2-9-3(10)1-8/h4-9,12H,10-11,13-14H2,1-3H3,(H,29,34);4-10H,11H2,1-3H3,(H,24,25);1-2,8H2,(H,9,10). The van der Waals surface area contributed by atoms with Crippen LogP contribution in [0.4, 0.5) is 26.3 Å². The number of fused-ring (bicyclic) bond motifs is 2. The number of carboxylic acid groups (broad SMARTS) is 1. The van der Waals surface area contributed by atoms with Crippen LogP contribution in [-0.2, 0) is 44.6 Å². The fourth-order valence-electron chi connectivity index (χ4n) is 8.31. The van der Waals surface area contributed by atoms with Crippen molar-refractivity contribution in [1.29, 1.82) is 0 Å². The summed E-state index contributed by atoms with van der Waals surface area (Å²) in [5, 5.41) is 33.3. The Morgan fingerprint density at radius 2 is 1.06 bits per heavy atom. The monoisotopic (exact) mass is 991 g/mol. The zero-order valence-electron chi connectivity index (χ0n) is 39.5. The molecule has 2 atom stereocenters. The van der Waals surface area contributed by atoms with Crippen molar-refractivity contribution in [3.05, 3.63) is 130 Å². The summed E-state index contributed by atoms with van der Waals surface area (Å²) in [6.07, 6.45) is -8.29. The number of ketones is 1. The van der Waals surface area contributed by atoms with Crippen LogP contribution in [0.1, 0.15) is 94.1 Å². The Kier molecular flexibility index (Phi) is 15.7. The van der Waals surface area contributed by atoms with Gasteiger partial charge in [0.25, 0.3) is 0 Å². The molecule has 2 aromatic heterocycles. The molecule has 0 aliphatic carbocycles. The summed E-state index contributed by atoms with van der Waals surface area (Å²) < 4.78 is 74.3. The predicted molar refractivity (Wildman–Crippen MR) is 251 cm³/mol. The van der Waals surface area contributed by atoms with Crippen LogP contribution in [0.15, 0.2) is 95.2 Å². The number of carbonyl (C=O) groups excluding carboxylic acids is 3. The van der Waals surface area contributed by atoms with E-state index in [2.05, 4.69) is 20.5 Å². The van der Waals surface area contributed by atoms with Crippen molar-refractivity contribution in [1.82, 2.24) is 30.2 Å². The van der Waals surface area contributed by atoms with Crippen molar-refractivity contribution in [2.24, 2.45) is 30.1 Å². The molecule has 376 valence electrons. The lowest BCUT2D eigenvalue weighted by Gasteiger charge is -2.21. The van der Waals surface area contributed by atoms with Crippen molar-refractivity contribution >= 4 is 56.5 Å². The minimum absolute atomic E-state index is 0.199. The van der Waals surface area contributed by atoms with Crippen LogP contribution in [0, 0.1) is 13.8 Å². The highest BCUT2D eigenvalue weighted by atomic mass is 19.4. The number of aromatic nitrogens is 4. The number of aryl methyl sites for hydroxylation is 4. The second kappa shape index (κ2) is 21.2. The number of benzene rings is 4. The van der Waals surface area contributed by atoms with E-state index < -0.39 is 61.0 Å². The van der Waals surface area contributed by atoms with E-state index in [0.29, 0.717) is 29.2 Å². The SMILES string of the molecule is Cc1cc(C2(C)CC(c3ccc(C(=O)CCC(=O)NCC(F)(F)F)c4ccccc34)=NO2)n(C)n1.Cc1cc(C2(C)CC(c3ccc(C(=O)O)c4ccccc34)=NO2)n(C)n1.NCC(=O)NCC(F)(F)F. The molecule has 2 aliphatic rings. The molecule has 0 saturated carbocycles. The lowest BCUT2D eigenvalue weighted by Crippen LogP contribution is -2.37. The first-order valence-corrected chi connectivity index (χ1v) is 22.0. The van der Waals surface area contributed by atoms with Crippen LogP contribution >= 0.6 is 0 Å². The quantitative estimate of drug-likeness (QED) is 0.0689. The molecule has 2 unspecified atom stereocenters. The van der Waals surface area contributed by atoms with Crippen molar-refractivity contribution < 1.29 is 60.3 Å². The summed E-state index contributed by atoms with van der Waals surface area (Å²) in [5.74, 6) is -2.89. The van der Waals surface area contributed by atoms with E-state index in [-0.39, 0.29) is 24.2 Å². The summed E-state index contributed by atoms with van der Waals surface area (Å²) in [5.41, 5.74) is 11.0. The first-order chi connectivity index (χ1) is 33.3. The molecule has 16 nitrogen and oxygen atoms in total. The number of nitrogens with zero attached hydrogens (tertiary/aromatic N) is 6. The molecular formula is C49H51F6N9O7. The number of hydrogen-bond donors (Lipinski definition) is 4. The third-order valence-electron chi connectivity index (χ3n) is 11.5. The lowest BCUT2D eigenvalue weighted by molar-refractivity contribution is -0.138. The van der Waals surface area contributed by atoms with Crippen LogP contribution < -0.4 is 16.4 Å². The van der Waals surface area contributed by atoms with Crippen molar-refractivity contribution in [3.8, 4) is 0 Å². The molecular weight excluding hydrogens is 941 g/mol. The Morgan fingerprint density at radius 3 is 1.45 bits per heavy atom. The van der Waals surface area contributed by atoms with Crippen LogP contribution in [0.5, 0.6) is 0 Å². The van der Waals surface area contributed by atoms with Crippen LogP contribution in [0.3, 0.4) is 0 Å². The first-order valence-electron chi connectivity index (χ1n) is 22.0. The second-order valence-corrected chi connectivity index (χ2v) is 17.3. The topological polar surface area (TPSA) is 217 Å². The summed E-state index contributed by atoms with van der Waals surface area (Å²) >= 11 is 0. The van der Waals surface area contributed by atoms with Crippen LogP contribution in [0.2, 0.25) is 0 Å². The van der Waals surface area contributed by atoms with Crippen LogP contribution in [0.25, 0.3) is 21.5 Å². The zero-order valence-corrected chi connectivity index (χ0v) is 39.5. The highest BCUT2D eigenvalue weighted by Gasteiger charge is 2.41. The Balaban J connectivity index is 0.000000201. The van der Waals surface area contributed by atoms with Gasteiger partial charge in [0, 0.05) is 56.5 Å². The van der Waals surface area contributed by atoms with E-state index in [1.807, 2.05) is 101 Å². The van der Waals surface area contributed by atoms with Gasteiger partial charge in [-0.3, -0.25) is 23.7 Å². The van der Waals surface area contributed by atoms with Gasteiger partial charge in [-0.2, -0.15) is 36.5 Å². The number of carboxylic acids is 1. The zero-order chi connectivity index (χ0) is 52.1. The van der Waals surface area contributed by atoms with Crippen molar-refractivity contribution in [2.45, 2.75) is 76.9 Å². The van der Waals surface area contributed by atoms with Crippen LogP contribution in [-0.4, -0.2) is 91.6 Å². The van der Waals surface area contributed by atoms with E-state index in [1.165, 1.54) is 0 Å². The first kappa shape index (κ1) is 52.7. The van der Waals surface area contributed by atoms with E-state index >= 15 is 0 Å². The number of rotatable bonds is 12. The Labute approximate surface area is 402 Å². The molecule has 0 saturated heterocycles. The van der Waals surface area contributed by atoms with Crippen molar-refractivity contribution in [3.63, 3.8) is 0 Å². The molecule has 6 aromatic rings. The number of alkyl halides is 6. The minimum Gasteiger partial charge on any atom is -0.478 e. The normalized spacial score (nSPS) is 17.5. The minimum atomic E-state index is -4.50. The predicted octanol–water partition coefficient (Wildman–Crippen LogP) is 7.81. The number of oxime groups is 2.